The predicted octanol–water partition coefficient (Wildman–Crippen LogP) is 5.73. The van der Waals surface area contributed by atoms with E-state index < -0.39 is 21.2 Å². The van der Waals surface area contributed by atoms with Crippen molar-refractivity contribution in [1.29, 1.82) is 0 Å². The number of aromatic nitrogens is 2. The summed E-state index contributed by atoms with van der Waals surface area (Å²) in [5, 5.41) is 4.80. The van der Waals surface area contributed by atoms with Gasteiger partial charge in [0.15, 0.2) is 0 Å². The SMILES string of the molecule is C[C@@H]1[C@@H]2C[C@@H](C[C@H]2OCc2c(-c3c(Cl)cccc3Cl)noc2C2CC2)N1c1ccc(C(=O)NS(=O)(=O)C2CCOCC2)nc1. The summed E-state index contributed by atoms with van der Waals surface area (Å²) in [6.45, 7) is 3.30. The molecule has 44 heavy (non-hydrogen) atoms. The predicted molar refractivity (Wildman–Crippen MR) is 165 cm³/mol. The van der Waals surface area contributed by atoms with Crippen molar-refractivity contribution in [3.63, 3.8) is 0 Å². The normalized spacial score (nSPS) is 25.5. The van der Waals surface area contributed by atoms with Crippen LogP contribution in [0.1, 0.15) is 73.2 Å². The maximum atomic E-state index is 12.7. The number of halogens is 2. The summed E-state index contributed by atoms with van der Waals surface area (Å²) in [6.07, 6.45) is 6.43. The minimum atomic E-state index is -3.79. The van der Waals surface area contributed by atoms with Crippen LogP contribution in [0.4, 0.5) is 5.69 Å². The highest BCUT2D eigenvalue weighted by Gasteiger charge is 2.50. The molecule has 0 radical (unpaired) electrons. The first-order valence-electron chi connectivity index (χ1n) is 15.1. The molecule has 2 aliphatic heterocycles. The highest BCUT2D eigenvalue weighted by Crippen LogP contribution is 2.49. The number of carbonyl (C=O) groups excluding carboxylic acids is 1. The maximum Gasteiger partial charge on any atom is 0.283 e. The van der Waals surface area contributed by atoms with Gasteiger partial charge in [-0.15, -0.1) is 0 Å². The third kappa shape index (κ3) is 5.62. The Morgan fingerprint density at radius 2 is 1.84 bits per heavy atom. The van der Waals surface area contributed by atoms with Gasteiger partial charge < -0.3 is 18.9 Å². The van der Waals surface area contributed by atoms with E-state index in [1.807, 2.05) is 12.1 Å². The van der Waals surface area contributed by atoms with Crippen LogP contribution in [-0.2, 0) is 26.1 Å². The lowest BCUT2D eigenvalue weighted by atomic mass is 9.96. The number of rotatable bonds is 9. The van der Waals surface area contributed by atoms with Crippen LogP contribution in [0.3, 0.4) is 0 Å². The van der Waals surface area contributed by atoms with E-state index in [1.54, 1.807) is 24.4 Å². The third-order valence-electron chi connectivity index (χ3n) is 9.51. The summed E-state index contributed by atoms with van der Waals surface area (Å²) >= 11 is 13.1. The summed E-state index contributed by atoms with van der Waals surface area (Å²) in [6, 6.07) is 9.29. The Balaban J connectivity index is 1.01. The molecule has 4 atom stereocenters. The monoisotopic (exact) mass is 660 g/mol. The molecule has 4 heterocycles. The first kappa shape index (κ1) is 30.0. The topological polar surface area (TPSA) is 124 Å². The zero-order valence-corrected chi connectivity index (χ0v) is 26.6. The van der Waals surface area contributed by atoms with E-state index in [-0.39, 0.29) is 23.9 Å². The summed E-state index contributed by atoms with van der Waals surface area (Å²) < 4.78 is 45.2. The lowest BCUT2D eigenvalue weighted by Gasteiger charge is -2.38. The minimum absolute atomic E-state index is 0.0659. The van der Waals surface area contributed by atoms with Crippen LogP contribution >= 0.6 is 23.2 Å². The van der Waals surface area contributed by atoms with Crippen LogP contribution in [0.25, 0.3) is 11.3 Å². The molecule has 2 saturated carbocycles. The number of sulfonamides is 1. The second-order valence-electron chi connectivity index (χ2n) is 12.2. The van der Waals surface area contributed by atoms with Crippen molar-refractivity contribution in [3.8, 4) is 11.3 Å². The Bertz CT molecular complexity index is 1630. The number of hydrogen-bond donors (Lipinski definition) is 1. The van der Waals surface area contributed by atoms with Crippen molar-refractivity contribution in [3.05, 3.63) is 63.6 Å². The van der Waals surface area contributed by atoms with Gasteiger partial charge in [0, 0.05) is 48.3 Å². The van der Waals surface area contributed by atoms with Crippen LogP contribution in [0.15, 0.2) is 41.1 Å². The van der Waals surface area contributed by atoms with E-state index in [0.29, 0.717) is 65.8 Å². The molecule has 10 nitrogen and oxygen atoms in total. The Morgan fingerprint density at radius 3 is 2.50 bits per heavy atom. The number of carbonyl (C=O) groups is 1. The number of pyridine rings is 1. The van der Waals surface area contributed by atoms with Crippen LogP contribution in [0.5, 0.6) is 0 Å². The summed E-state index contributed by atoms with van der Waals surface area (Å²) in [7, 11) is -3.79. The van der Waals surface area contributed by atoms with Gasteiger partial charge in [0.25, 0.3) is 5.91 Å². The van der Waals surface area contributed by atoms with Crippen molar-refractivity contribution in [1.82, 2.24) is 14.9 Å². The van der Waals surface area contributed by atoms with Crippen molar-refractivity contribution in [2.75, 3.05) is 18.1 Å². The number of nitrogens with zero attached hydrogens (tertiary/aromatic N) is 3. The molecule has 234 valence electrons. The molecule has 1 N–H and O–H groups in total. The number of nitrogens with one attached hydrogen (secondary N) is 1. The second kappa shape index (κ2) is 11.9. The lowest BCUT2D eigenvalue weighted by molar-refractivity contribution is 0.00367. The number of ether oxygens (including phenoxy) is 2. The van der Waals surface area contributed by atoms with E-state index >= 15 is 0 Å². The van der Waals surface area contributed by atoms with Gasteiger partial charge >= 0.3 is 0 Å². The fourth-order valence-electron chi connectivity index (χ4n) is 7.08. The van der Waals surface area contributed by atoms with Gasteiger partial charge in [-0.2, -0.15) is 0 Å². The van der Waals surface area contributed by atoms with Crippen molar-refractivity contribution < 1.29 is 27.2 Å². The molecule has 4 fully saturated rings. The smallest absolute Gasteiger partial charge is 0.283 e. The third-order valence-corrected chi connectivity index (χ3v) is 12.0. The number of amides is 1. The lowest BCUT2D eigenvalue weighted by Crippen LogP contribution is -2.45. The molecule has 1 amide bonds. The molecule has 0 unspecified atom stereocenters. The van der Waals surface area contributed by atoms with Crippen molar-refractivity contribution in [2.24, 2.45) is 5.92 Å². The molecule has 2 saturated heterocycles. The van der Waals surface area contributed by atoms with Gasteiger partial charge in [-0.25, -0.2) is 18.1 Å². The zero-order valence-electron chi connectivity index (χ0n) is 24.2. The fraction of sp³-hybridized carbons (Fsp3) is 0.516. The number of piperidine rings is 1. The van der Waals surface area contributed by atoms with Crippen LogP contribution in [-0.4, -0.2) is 61.1 Å². The molecule has 13 heteroatoms. The number of anilines is 1. The Kier molecular flexibility index (Phi) is 8.11. The van der Waals surface area contributed by atoms with Gasteiger partial charge in [-0.1, -0.05) is 34.4 Å². The van der Waals surface area contributed by atoms with E-state index in [1.165, 1.54) is 0 Å². The second-order valence-corrected chi connectivity index (χ2v) is 15.0. The van der Waals surface area contributed by atoms with Gasteiger partial charge in [-0.05, 0) is 69.7 Å². The van der Waals surface area contributed by atoms with Gasteiger partial charge in [0.05, 0.1) is 39.9 Å². The van der Waals surface area contributed by atoms with Crippen LogP contribution in [0, 0.1) is 5.92 Å². The Labute approximate surface area is 266 Å². The average Bonchev–Trinajstić information content (AvgIpc) is 3.52. The highest BCUT2D eigenvalue weighted by atomic mass is 35.5. The van der Waals surface area contributed by atoms with E-state index in [2.05, 4.69) is 26.7 Å². The van der Waals surface area contributed by atoms with Crippen LogP contribution < -0.4 is 9.62 Å². The molecule has 3 aromatic rings. The molecule has 0 spiro atoms. The molecule has 2 bridgehead atoms. The maximum absolute atomic E-state index is 12.7. The largest absolute Gasteiger partial charge is 0.381 e. The molecule has 1 aromatic carbocycles. The summed E-state index contributed by atoms with van der Waals surface area (Å²) in [4.78, 5) is 19.4. The van der Waals surface area contributed by atoms with E-state index in [0.717, 1.165) is 42.7 Å². The minimum Gasteiger partial charge on any atom is -0.381 e. The van der Waals surface area contributed by atoms with Gasteiger partial charge in [0.2, 0.25) is 10.0 Å². The molecule has 4 aliphatic rings. The molecular formula is C31H34Cl2N4O6S. The van der Waals surface area contributed by atoms with E-state index in [4.69, 9.17) is 37.2 Å². The molecule has 2 aliphatic carbocycles. The molecule has 7 rings (SSSR count). The van der Waals surface area contributed by atoms with Crippen molar-refractivity contribution in [2.45, 2.75) is 81.4 Å². The number of benzene rings is 1. The number of hydrogen-bond acceptors (Lipinski definition) is 9. The average molecular weight is 662 g/mol. The van der Waals surface area contributed by atoms with Crippen molar-refractivity contribution >= 4 is 44.8 Å². The summed E-state index contributed by atoms with van der Waals surface area (Å²) in [5.41, 5.74) is 3.21. The molecule has 2 aromatic heterocycles. The van der Waals surface area contributed by atoms with Gasteiger partial charge in [0.1, 0.15) is 17.1 Å². The summed E-state index contributed by atoms with van der Waals surface area (Å²) in [5.74, 6) is 0.808. The standard InChI is InChI=1S/C31H34Cl2N4O6S/c1-17-22-13-20(37(17)19-7-8-26(34-15-19)31(38)36-44(39,40)21-9-11-41-12-10-21)14-27(22)42-16-23-29(35-43-30(23)18-5-6-18)28-24(32)3-2-4-25(28)33/h2-4,7-8,15,17-18,20-22,27H,5-6,9-14,16H2,1H3,(H,36,38)/t17-,20+,22+,27-/m1/s1. The van der Waals surface area contributed by atoms with Gasteiger partial charge in [-0.3, -0.25) is 4.79 Å². The Morgan fingerprint density at radius 1 is 1.09 bits per heavy atom. The molecular weight excluding hydrogens is 627 g/mol. The van der Waals surface area contributed by atoms with E-state index in [9.17, 15) is 13.2 Å². The first-order valence-corrected chi connectivity index (χ1v) is 17.4. The highest BCUT2D eigenvalue weighted by molar-refractivity contribution is 7.90. The van der Waals surface area contributed by atoms with Crippen LogP contribution in [0.2, 0.25) is 10.0 Å². The zero-order chi connectivity index (χ0) is 30.6. The first-order chi connectivity index (χ1) is 21.2. The fourth-order valence-corrected chi connectivity index (χ4v) is 9.00. The number of fused-ring (bicyclic) bond motifs is 2. The quantitative estimate of drug-likeness (QED) is 0.306. The Hall–Kier alpha value is -2.70.